The van der Waals surface area contributed by atoms with Gasteiger partial charge < -0.3 is 5.11 Å². The van der Waals surface area contributed by atoms with Crippen molar-refractivity contribution >= 4 is 15.7 Å². The van der Waals surface area contributed by atoms with Gasteiger partial charge in [0, 0.05) is 18.0 Å². The zero-order chi connectivity index (χ0) is 15.6. The predicted molar refractivity (Wildman–Crippen MR) is 76.8 cm³/mol. The van der Waals surface area contributed by atoms with Gasteiger partial charge in [-0.25, -0.2) is 12.8 Å². The molecular weight excluding hydrogens is 295 g/mol. The van der Waals surface area contributed by atoms with Crippen LogP contribution in [0.1, 0.15) is 16.7 Å². The molecule has 2 rings (SSSR count). The molecule has 0 amide bonds. The highest BCUT2D eigenvalue weighted by atomic mass is 32.2. The van der Waals surface area contributed by atoms with E-state index in [4.69, 9.17) is 5.11 Å². The fourth-order valence-electron chi connectivity index (χ4n) is 1.87. The number of aliphatic hydroxyl groups excluding tert-OH is 1. The van der Waals surface area contributed by atoms with Crippen molar-refractivity contribution in [2.45, 2.75) is 25.3 Å². The largest absolute Gasteiger partial charge is 0.392 e. The van der Waals surface area contributed by atoms with Crippen LogP contribution < -0.4 is 4.72 Å². The molecule has 0 aliphatic rings. The van der Waals surface area contributed by atoms with Crippen molar-refractivity contribution in [1.82, 2.24) is 4.98 Å². The predicted octanol–water partition coefficient (Wildman–Crippen LogP) is 2.13. The molecule has 0 bridgehead atoms. The van der Waals surface area contributed by atoms with E-state index in [1.54, 1.807) is 6.92 Å². The van der Waals surface area contributed by atoms with Gasteiger partial charge in [-0.1, -0.05) is 0 Å². The summed E-state index contributed by atoms with van der Waals surface area (Å²) >= 11 is 0. The molecule has 2 aromatic rings. The molecule has 1 aromatic heterocycles. The third-order valence-electron chi connectivity index (χ3n) is 3.09. The van der Waals surface area contributed by atoms with E-state index in [-0.39, 0.29) is 16.0 Å². The molecule has 0 unspecified atom stereocenters. The number of benzene rings is 1. The van der Waals surface area contributed by atoms with Gasteiger partial charge in [-0.3, -0.25) is 9.71 Å². The van der Waals surface area contributed by atoms with E-state index in [0.29, 0.717) is 11.3 Å². The number of halogens is 1. The lowest BCUT2D eigenvalue weighted by molar-refractivity contribution is 0.281. The standard InChI is InChI=1S/C14H15FN2O3S/c1-9-7-16-4-3-13(9)17-21(19,20)14-6-11(8-18)5-12(15)10(14)2/h3-7,18H,8H2,1-2H3,(H,16,17). The molecule has 0 fully saturated rings. The van der Waals surface area contributed by atoms with Crippen LogP contribution in [-0.4, -0.2) is 18.5 Å². The average Bonchev–Trinajstić information content (AvgIpc) is 2.43. The summed E-state index contributed by atoms with van der Waals surface area (Å²) < 4.78 is 41.0. The number of sulfonamides is 1. The molecule has 0 saturated heterocycles. The molecule has 21 heavy (non-hydrogen) atoms. The third kappa shape index (κ3) is 3.20. The van der Waals surface area contributed by atoms with E-state index in [0.717, 1.165) is 6.07 Å². The van der Waals surface area contributed by atoms with Crippen LogP contribution in [0.3, 0.4) is 0 Å². The molecule has 112 valence electrons. The maximum atomic E-state index is 13.8. The minimum absolute atomic E-state index is 0.00593. The molecule has 2 N–H and O–H groups in total. The number of pyridine rings is 1. The van der Waals surface area contributed by atoms with Crippen molar-refractivity contribution in [1.29, 1.82) is 0 Å². The number of hydrogen-bond donors (Lipinski definition) is 2. The topological polar surface area (TPSA) is 79.3 Å². The number of aromatic nitrogens is 1. The number of nitrogens with one attached hydrogen (secondary N) is 1. The van der Waals surface area contributed by atoms with Crippen LogP contribution in [0.2, 0.25) is 0 Å². The fraction of sp³-hybridized carbons (Fsp3) is 0.214. The highest BCUT2D eigenvalue weighted by Gasteiger charge is 2.21. The summed E-state index contributed by atoms with van der Waals surface area (Å²) in [5, 5.41) is 9.09. The van der Waals surface area contributed by atoms with E-state index < -0.39 is 22.4 Å². The summed E-state index contributed by atoms with van der Waals surface area (Å²) in [5.41, 5.74) is 1.23. The Hall–Kier alpha value is -1.99. The fourth-order valence-corrected chi connectivity index (χ4v) is 3.30. The van der Waals surface area contributed by atoms with Crippen molar-refractivity contribution < 1.29 is 17.9 Å². The number of anilines is 1. The Balaban J connectivity index is 2.50. The second kappa shape index (κ2) is 5.79. The second-order valence-electron chi connectivity index (χ2n) is 4.65. The Bertz CT molecular complexity index is 776. The van der Waals surface area contributed by atoms with Gasteiger partial charge in [-0.05, 0) is 43.2 Å². The van der Waals surface area contributed by atoms with Crippen LogP contribution in [0.4, 0.5) is 10.1 Å². The average molecular weight is 310 g/mol. The summed E-state index contributed by atoms with van der Waals surface area (Å²) in [4.78, 5) is 3.69. The van der Waals surface area contributed by atoms with E-state index >= 15 is 0 Å². The van der Waals surface area contributed by atoms with E-state index in [9.17, 15) is 12.8 Å². The van der Waals surface area contributed by atoms with Crippen LogP contribution in [0.25, 0.3) is 0 Å². The van der Waals surface area contributed by atoms with Crippen LogP contribution >= 0.6 is 0 Å². The molecule has 0 atom stereocenters. The van der Waals surface area contributed by atoms with E-state index in [1.807, 2.05) is 0 Å². The van der Waals surface area contributed by atoms with E-state index in [2.05, 4.69) is 9.71 Å². The van der Waals surface area contributed by atoms with Gasteiger partial charge in [0.05, 0.1) is 17.2 Å². The van der Waals surface area contributed by atoms with Gasteiger partial charge in [-0.2, -0.15) is 0 Å². The first-order valence-corrected chi connectivity index (χ1v) is 7.67. The second-order valence-corrected chi connectivity index (χ2v) is 6.31. The van der Waals surface area contributed by atoms with Crippen LogP contribution in [0.15, 0.2) is 35.5 Å². The van der Waals surface area contributed by atoms with Crippen LogP contribution in [0, 0.1) is 19.7 Å². The van der Waals surface area contributed by atoms with Gasteiger partial charge in [0.1, 0.15) is 5.82 Å². The first-order valence-electron chi connectivity index (χ1n) is 6.18. The zero-order valence-corrected chi connectivity index (χ0v) is 12.4. The summed E-state index contributed by atoms with van der Waals surface area (Å²) in [6.07, 6.45) is 2.98. The highest BCUT2D eigenvalue weighted by molar-refractivity contribution is 7.92. The minimum atomic E-state index is -3.95. The smallest absolute Gasteiger partial charge is 0.262 e. The normalized spacial score (nSPS) is 11.4. The van der Waals surface area contributed by atoms with Crippen LogP contribution in [-0.2, 0) is 16.6 Å². The first-order chi connectivity index (χ1) is 9.85. The summed E-state index contributed by atoms with van der Waals surface area (Å²) in [5.74, 6) is -0.673. The molecule has 0 aliphatic heterocycles. The molecule has 0 aliphatic carbocycles. The maximum absolute atomic E-state index is 13.8. The Morgan fingerprint density at radius 2 is 2.05 bits per heavy atom. The van der Waals surface area contributed by atoms with Crippen molar-refractivity contribution in [3.05, 3.63) is 53.1 Å². The van der Waals surface area contributed by atoms with Crippen molar-refractivity contribution in [2.75, 3.05) is 4.72 Å². The number of rotatable bonds is 4. The lowest BCUT2D eigenvalue weighted by Crippen LogP contribution is -2.16. The Labute approximate surface area is 122 Å². The van der Waals surface area contributed by atoms with Gasteiger partial charge in [-0.15, -0.1) is 0 Å². The Morgan fingerprint density at radius 3 is 2.67 bits per heavy atom. The highest BCUT2D eigenvalue weighted by Crippen LogP contribution is 2.24. The molecular formula is C14H15FN2O3S. The summed E-state index contributed by atoms with van der Waals surface area (Å²) in [6.45, 7) is 2.65. The van der Waals surface area contributed by atoms with Gasteiger partial charge in [0.2, 0.25) is 0 Å². The maximum Gasteiger partial charge on any atom is 0.262 e. The number of aliphatic hydroxyl groups is 1. The monoisotopic (exact) mass is 310 g/mol. The molecule has 7 heteroatoms. The number of nitrogens with zero attached hydrogens (tertiary/aromatic N) is 1. The SMILES string of the molecule is Cc1cnccc1NS(=O)(=O)c1cc(CO)cc(F)c1C. The van der Waals surface area contributed by atoms with Crippen molar-refractivity contribution in [3.63, 3.8) is 0 Å². The quantitative estimate of drug-likeness (QED) is 0.906. The minimum Gasteiger partial charge on any atom is -0.392 e. The molecule has 5 nitrogen and oxygen atoms in total. The third-order valence-corrected chi connectivity index (χ3v) is 4.58. The molecule has 0 radical (unpaired) electrons. The van der Waals surface area contributed by atoms with Crippen LogP contribution in [0.5, 0.6) is 0 Å². The summed E-state index contributed by atoms with van der Waals surface area (Å²) in [6, 6.07) is 3.90. The van der Waals surface area contributed by atoms with Crippen molar-refractivity contribution in [2.24, 2.45) is 0 Å². The van der Waals surface area contributed by atoms with Gasteiger partial charge in [0.25, 0.3) is 10.0 Å². The Morgan fingerprint density at radius 1 is 1.33 bits per heavy atom. The lowest BCUT2D eigenvalue weighted by Gasteiger charge is -2.13. The molecule has 0 spiro atoms. The van der Waals surface area contributed by atoms with Gasteiger partial charge in [0.15, 0.2) is 0 Å². The zero-order valence-electron chi connectivity index (χ0n) is 11.6. The van der Waals surface area contributed by atoms with Gasteiger partial charge >= 0.3 is 0 Å². The summed E-state index contributed by atoms with van der Waals surface area (Å²) in [7, 11) is -3.95. The molecule has 1 aromatic carbocycles. The molecule has 1 heterocycles. The van der Waals surface area contributed by atoms with Crippen molar-refractivity contribution in [3.8, 4) is 0 Å². The van der Waals surface area contributed by atoms with E-state index in [1.165, 1.54) is 31.5 Å². The lowest BCUT2D eigenvalue weighted by atomic mass is 10.1. The number of aryl methyl sites for hydroxylation is 1. The molecule has 0 saturated carbocycles. The number of hydrogen-bond acceptors (Lipinski definition) is 4. The first kappa shape index (κ1) is 15.4. The Kier molecular flexibility index (Phi) is 4.24.